The van der Waals surface area contributed by atoms with Gasteiger partial charge in [-0.3, -0.25) is 4.57 Å². The Morgan fingerprint density at radius 2 is 1.86 bits per heavy atom. The fraction of sp³-hybridized carbons (Fsp3) is 0.591. The Morgan fingerprint density at radius 1 is 1.00 bits per heavy atom. The molecule has 0 bridgehead atoms. The second-order valence-corrected chi connectivity index (χ2v) is 9.55. The van der Waals surface area contributed by atoms with Crippen molar-refractivity contribution in [2.75, 3.05) is 18.1 Å². The van der Waals surface area contributed by atoms with Crippen LogP contribution in [0.4, 0.5) is 5.82 Å². The first kappa shape index (κ1) is 17.9. The van der Waals surface area contributed by atoms with E-state index in [9.17, 15) is 0 Å². The molecule has 2 saturated heterocycles. The Hall–Kier alpha value is -1.92. The van der Waals surface area contributed by atoms with Crippen LogP contribution in [0.15, 0.2) is 37.0 Å². The Bertz CT molecular complexity index is 986. The predicted octanol–water partition coefficient (Wildman–Crippen LogP) is 4.37. The molecule has 152 valence electrons. The number of hydrogen-bond acceptors (Lipinski definition) is 5. The predicted molar refractivity (Wildman–Crippen MR) is 113 cm³/mol. The van der Waals surface area contributed by atoms with Gasteiger partial charge in [0, 0.05) is 18.9 Å². The first-order chi connectivity index (χ1) is 14.2. The van der Waals surface area contributed by atoms with Gasteiger partial charge in [0.25, 0.3) is 0 Å². The summed E-state index contributed by atoms with van der Waals surface area (Å²) in [6.07, 6.45) is 20.9. The number of aromatic nitrogens is 4. The van der Waals surface area contributed by atoms with Crippen molar-refractivity contribution in [2.24, 2.45) is 11.3 Å². The molecule has 0 radical (unpaired) electrons. The van der Waals surface area contributed by atoms with E-state index in [4.69, 9.17) is 26.3 Å². The van der Waals surface area contributed by atoms with Crippen molar-refractivity contribution in [1.82, 2.24) is 19.5 Å². The van der Waals surface area contributed by atoms with Crippen LogP contribution in [-0.2, 0) is 9.92 Å². The summed E-state index contributed by atoms with van der Waals surface area (Å²) in [6.45, 7) is 1.69. The molecule has 3 atom stereocenters. The molecule has 0 amide bonds. The molecule has 0 aromatic carbocycles. The van der Waals surface area contributed by atoms with Crippen LogP contribution in [0.2, 0.25) is 0 Å². The zero-order valence-corrected chi connectivity index (χ0v) is 17.3. The lowest BCUT2D eigenvalue weighted by Gasteiger charge is -2.38. The molecule has 2 aromatic rings. The maximum atomic E-state index is 6.76. The van der Waals surface area contributed by atoms with Crippen molar-refractivity contribution in [1.29, 1.82) is 0 Å². The van der Waals surface area contributed by atoms with Crippen molar-refractivity contribution >= 4 is 28.6 Å². The summed E-state index contributed by atoms with van der Waals surface area (Å²) in [5.41, 5.74) is 1.91. The summed E-state index contributed by atoms with van der Waals surface area (Å²) in [4.78, 5) is 16.4. The highest BCUT2D eigenvalue weighted by Gasteiger charge is 2.52. The molecule has 0 N–H and O–H groups in total. The molecule has 4 aliphatic rings. The molecular formula is C22H26ClN5O. The van der Waals surface area contributed by atoms with Gasteiger partial charge in [-0.15, -0.1) is 0 Å². The van der Waals surface area contributed by atoms with Crippen molar-refractivity contribution in [3.05, 3.63) is 37.0 Å². The van der Waals surface area contributed by atoms with E-state index in [0.29, 0.717) is 24.0 Å². The van der Waals surface area contributed by atoms with Crippen LogP contribution in [0, 0.1) is 11.3 Å². The number of allylic oxidation sites excluding steroid dienone is 2. The molecule has 7 heteroatoms. The first-order valence-corrected chi connectivity index (χ1v) is 11.2. The topological polar surface area (TPSA) is 56.1 Å². The van der Waals surface area contributed by atoms with Gasteiger partial charge in [0.05, 0.1) is 12.6 Å². The van der Waals surface area contributed by atoms with E-state index < -0.39 is 5.18 Å². The van der Waals surface area contributed by atoms with E-state index >= 15 is 0 Å². The Balaban J connectivity index is 1.44. The third-order valence-corrected chi connectivity index (χ3v) is 7.89. The zero-order chi connectivity index (χ0) is 19.5. The molecule has 1 saturated carbocycles. The Labute approximate surface area is 175 Å². The van der Waals surface area contributed by atoms with Crippen LogP contribution in [-0.4, -0.2) is 38.7 Å². The van der Waals surface area contributed by atoms with E-state index in [1.807, 2.05) is 4.57 Å². The van der Waals surface area contributed by atoms with Gasteiger partial charge in [-0.05, 0) is 24.7 Å². The number of hydrogen-bond donors (Lipinski definition) is 0. The minimum atomic E-state index is -0.883. The van der Waals surface area contributed by atoms with Gasteiger partial charge >= 0.3 is 0 Å². The van der Waals surface area contributed by atoms with E-state index in [1.54, 1.807) is 12.7 Å². The van der Waals surface area contributed by atoms with Crippen molar-refractivity contribution < 1.29 is 4.74 Å². The van der Waals surface area contributed by atoms with Gasteiger partial charge in [0.15, 0.2) is 17.0 Å². The summed E-state index contributed by atoms with van der Waals surface area (Å²) in [5, 5.41) is -0.883. The zero-order valence-electron chi connectivity index (χ0n) is 16.5. The summed E-state index contributed by atoms with van der Waals surface area (Å²) in [7, 11) is 0. The first-order valence-electron chi connectivity index (χ1n) is 10.8. The summed E-state index contributed by atoms with van der Waals surface area (Å²) >= 11 is 6.76. The molecule has 3 unspecified atom stereocenters. The van der Waals surface area contributed by atoms with E-state index in [1.165, 1.54) is 32.1 Å². The Kier molecular flexibility index (Phi) is 4.04. The summed E-state index contributed by atoms with van der Waals surface area (Å²) < 4.78 is 7.71. The van der Waals surface area contributed by atoms with Crippen molar-refractivity contribution in [3.63, 3.8) is 0 Å². The molecular weight excluding hydrogens is 386 g/mol. The fourth-order valence-corrected chi connectivity index (χ4v) is 6.37. The smallest absolute Gasteiger partial charge is 0.225 e. The number of alkyl halides is 1. The number of ether oxygens (including phenoxy) is 1. The number of imidazole rings is 1. The molecule has 29 heavy (non-hydrogen) atoms. The average molecular weight is 412 g/mol. The summed E-state index contributed by atoms with van der Waals surface area (Å²) in [5.74, 6) is 1.46. The van der Waals surface area contributed by atoms with Crippen LogP contribution in [0.25, 0.3) is 11.2 Å². The lowest BCUT2D eigenvalue weighted by Crippen LogP contribution is -2.33. The molecule has 4 heterocycles. The highest BCUT2D eigenvalue weighted by Crippen LogP contribution is 2.53. The molecule has 6 rings (SSSR count). The van der Waals surface area contributed by atoms with E-state index in [2.05, 4.69) is 34.2 Å². The minimum Gasteiger partial charge on any atom is -0.347 e. The molecule has 2 aliphatic carbocycles. The second kappa shape index (κ2) is 6.54. The lowest BCUT2D eigenvalue weighted by atomic mass is 9.65. The maximum absolute atomic E-state index is 6.76. The number of nitrogens with zero attached hydrogens (tertiary/aromatic N) is 5. The van der Waals surface area contributed by atoms with Crippen LogP contribution >= 0.6 is 11.6 Å². The molecule has 6 nitrogen and oxygen atoms in total. The Morgan fingerprint density at radius 3 is 2.69 bits per heavy atom. The molecule has 2 aliphatic heterocycles. The SMILES string of the molecule is ClC1(n2cnc3c(N4CC5(CCCCC5)C5C=CC=CC54)ncnc32)CCCO1. The van der Waals surface area contributed by atoms with Gasteiger partial charge in [-0.1, -0.05) is 55.2 Å². The minimum absolute atomic E-state index is 0.328. The van der Waals surface area contributed by atoms with Crippen molar-refractivity contribution in [2.45, 2.75) is 56.2 Å². The largest absolute Gasteiger partial charge is 0.347 e. The number of halogens is 1. The highest BCUT2D eigenvalue weighted by atomic mass is 35.5. The normalized spacial score (nSPS) is 33.1. The summed E-state index contributed by atoms with van der Waals surface area (Å²) in [6, 6.07) is 0.328. The lowest BCUT2D eigenvalue weighted by molar-refractivity contribution is 0.0170. The van der Waals surface area contributed by atoms with Crippen molar-refractivity contribution in [3.8, 4) is 0 Å². The third-order valence-electron chi connectivity index (χ3n) is 7.41. The van der Waals surface area contributed by atoms with Gasteiger partial charge in [-0.2, -0.15) is 0 Å². The van der Waals surface area contributed by atoms with E-state index in [0.717, 1.165) is 36.4 Å². The number of rotatable bonds is 2. The van der Waals surface area contributed by atoms with Crippen LogP contribution in [0.5, 0.6) is 0 Å². The van der Waals surface area contributed by atoms with Gasteiger partial charge in [-0.25, -0.2) is 15.0 Å². The van der Waals surface area contributed by atoms with Gasteiger partial charge in [0.2, 0.25) is 5.18 Å². The van der Waals surface area contributed by atoms with Crippen LogP contribution in [0.1, 0.15) is 44.9 Å². The highest BCUT2D eigenvalue weighted by molar-refractivity contribution is 6.21. The quantitative estimate of drug-likeness (QED) is 0.687. The average Bonchev–Trinajstić information content (AvgIpc) is 3.46. The third kappa shape index (κ3) is 2.61. The second-order valence-electron chi connectivity index (χ2n) is 8.96. The monoisotopic (exact) mass is 411 g/mol. The molecule has 1 spiro atoms. The maximum Gasteiger partial charge on any atom is 0.225 e. The van der Waals surface area contributed by atoms with Gasteiger partial charge < -0.3 is 9.64 Å². The van der Waals surface area contributed by atoms with Crippen LogP contribution < -0.4 is 4.90 Å². The van der Waals surface area contributed by atoms with E-state index in [-0.39, 0.29) is 0 Å². The molecule has 3 fully saturated rings. The van der Waals surface area contributed by atoms with Crippen LogP contribution in [0.3, 0.4) is 0 Å². The molecule has 2 aromatic heterocycles. The standard InChI is InChI=1S/C22H26ClN5O/c23-22(11-6-12-29-22)28-15-26-18-19(24-14-25-20(18)28)27-13-21(9-4-1-5-10-21)16-7-2-3-8-17(16)27/h2-3,7-8,14-17H,1,4-6,9-13H2. The van der Waals surface area contributed by atoms with Gasteiger partial charge in [0.1, 0.15) is 12.7 Å². The fourth-order valence-electron chi connectivity index (χ4n) is 6.03. The number of fused-ring (bicyclic) bond motifs is 3. The number of anilines is 1.